The number of nitrogens with one attached hydrogen (secondary N) is 2. The van der Waals surface area contributed by atoms with Crippen LogP contribution in [0.1, 0.15) is 24.5 Å². The van der Waals surface area contributed by atoms with Crippen molar-refractivity contribution in [1.82, 2.24) is 10.2 Å². The molecule has 8 nitrogen and oxygen atoms in total. The zero-order valence-electron chi connectivity index (χ0n) is 11.6. The molecule has 2 aromatic rings. The van der Waals surface area contributed by atoms with E-state index in [-0.39, 0.29) is 18.0 Å². The zero-order valence-corrected chi connectivity index (χ0v) is 11.6. The van der Waals surface area contributed by atoms with Crippen LogP contribution in [0.25, 0.3) is 0 Å². The van der Waals surface area contributed by atoms with Crippen LogP contribution in [0.2, 0.25) is 0 Å². The highest BCUT2D eigenvalue weighted by molar-refractivity contribution is 5.91. The van der Waals surface area contributed by atoms with E-state index in [1.807, 2.05) is 0 Å². The number of anilines is 1. The molecule has 2 N–H and O–H groups in total. The number of hydrogen-bond acceptors (Lipinski definition) is 5. The molecule has 1 aromatic heterocycles. The Morgan fingerprint density at radius 2 is 2.23 bits per heavy atom. The molecule has 1 aliphatic carbocycles. The number of ether oxygens (including phenoxy) is 1. The van der Waals surface area contributed by atoms with Crippen molar-refractivity contribution in [2.24, 2.45) is 0 Å². The third-order valence-electron chi connectivity index (χ3n) is 3.30. The Labute approximate surface area is 125 Å². The number of hydrogen-bond donors (Lipinski definition) is 2. The van der Waals surface area contributed by atoms with Crippen LogP contribution in [0.3, 0.4) is 0 Å². The van der Waals surface area contributed by atoms with E-state index in [0.717, 1.165) is 18.5 Å². The lowest BCUT2D eigenvalue weighted by Gasteiger charge is -2.06. The van der Waals surface area contributed by atoms with Crippen LogP contribution in [0, 0.1) is 10.1 Å². The van der Waals surface area contributed by atoms with E-state index in [9.17, 15) is 14.9 Å². The van der Waals surface area contributed by atoms with Crippen molar-refractivity contribution in [2.45, 2.75) is 18.8 Å². The monoisotopic (exact) mass is 302 g/mol. The van der Waals surface area contributed by atoms with Gasteiger partial charge in [0.15, 0.2) is 18.2 Å². The number of aromatic amines is 1. The molecule has 1 saturated carbocycles. The van der Waals surface area contributed by atoms with Crippen LogP contribution >= 0.6 is 0 Å². The summed E-state index contributed by atoms with van der Waals surface area (Å²) in [6.07, 6.45) is 2.27. The van der Waals surface area contributed by atoms with Crippen LogP contribution in [0.4, 0.5) is 11.5 Å². The number of benzene rings is 1. The molecule has 1 amide bonds. The summed E-state index contributed by atoms with van der Waals surface area (Å²) in [5, 5.41) is 20.3. The molecule has 0 unspecified atom stereocenters. The molecule has 0 aliphatic heterocycles. The first kappa shape index (κ1) is 14.1. The van der Waals surface area contributed by atoms with Gasteiger partial charge in [0, 0.05) is 23.7 Å². The van der Waals surface area contributed by atoms with Crippen molar-refractivity contribution in [3.05, 3.63) is 46.1 Å². The Hall–Kier alpha value is -2.90. The first-order valence-corrected chi connectivity index (χ1v) is 6.85. The molecule has 0 radical (unpaired) electrons. The van der Waals surface area contributed by atoms with Crippen LogP contribution < -0.4 is 10.1 Å². The average molecular weight is 302 g/mol. The molecule has 1 aromatic carbocycles. The minimum Gasteiger partial charge on any atom is -0.477 e. The third kappa shape index (κ3) is 3.22. The van der Waals surface area contributed by atoms with E-state index in [4.69, 9.17) is 4.74 Å². The van der Waals surface area contributed by atoms with Crippen LogP contribution in [-0.2, 0) is 4.79 Å². The maximum atomic E-state index is 11.8. The number of nitro groups is 1. The molecule has 0 atom stereocenters. The summed E-state index contributed by atoms with van der Waals surface area (Å²) >= 11 is 0. The molecule has 114 valence electrons. The van der Waals surface area contributed by atoms with E-state index in [1.165, 1.54) is 18.2 Å². The van der Waals surface area contributed by atoms with Gasteiger partial charge in [-0.15, -0.1) is 0 Å². The molecule has 3 rings (SSSR count). The van der Waals surface area contributed by atoms with Crippen LogP contribution in [0.15, 0.2) is 30.3 Å². The quantitative estimate of drug-likeness (QED) is 0.628. The van der Waals surface area contributed by atoms with E-state index >= 15 is 0 Å². The zero-order chi connectivity index (χ0) is 15.5. The minimum absolute atomic E-state index is 0.0587. The molecule has 0 saturated heterocycles. The second-order valence-corrected chi connectivity index (χ2v) is 5.04. The largest absolute Gasteiger partial charge is 0.477 e. The lowest BCUT2D eigenvalue weighted by Crippen LogP contribution is -2.20. The van der Waals surface area contributed by atoms with E-state index in [1.54, 1.807) is 12.1 Å². The number of carbonyl (C=O) groups is 1. The van der Waals surface area contributed by atoms with Crippen molar-refractivity contribution in [1.29, 1.82) is 0 Å². The first-order valence-electron chi connectivity index (χ1n) is 6.85. The highest BCUT2D eigenvalue weighted by Gasteiger charge is 2.25. The van der Waals surface area contributed by atoms with Crippen molar-refractivity contribution >= 4 is 17.4 Å². The van der Waals surface area contributed by atoms with Crippen molar-refractivity contribution in [3.8, 4) is 5.75 Å². The Morgan fingerprint density at radius 1 is 1.45 bits per heavy atom. The number of H-pyrrole nitrogens is 1. The molecule has 0 spiro atoms. The summed E-state index contributed by atoms with van der Waals surface area (Å²) in [7, 11) is 0. The summed E-state index contributed by atoms with van der Waals surface area (Å²) in [6.45, 7) is -0.323. The summed E-state index contributed by atoms with van der Waals surface area (Å²) in [6, 6.07) is 7.71. The highest BCUT2D eigenvalue weighted by atomic mass is 16.6. The fraction of sp³-hybridized carbons (Fsp3) is 0.286. The lowest BCUT2D eigenvalue weighted by molar-refractivity contribution is -0.385. The number of carbonyl (C=O) groups excluding carboxylic acids is 1. The topological polar surface area (TPSA) is 110 Å². The summed E-state index contributed by atoms with van der Waals surface area (Å²) in [4.78, 5) is 22.1. The number of nitrogens with zero attached hydrogens (tertiary/aromatic N) is 2. The van der Waals surface area contributed by atoms with Crippen molar-refractivity contribution < 1.29 is 14.5 Å². The Morgan fingerprint density at radius 3 is 2.95 bits per heavy atom. The van der Waals surface area contributed by atoms with Gasteiger partial charge in [-0.25, -0.2) is 0 Å². The minimum atomic E-state index is -0.553. The standard InChI is InChI=1S/C14H14N4O4/c19-14(15-13-7-10(16-17-13)9-5-6-9)8-22-12-4-2-1-3-11(12)18(20)21/h1-4,7,9H,5-6,8H2,(H2,15,16,17,19). The summed E-state index contributed by atoms with van der Waals surface area (Å²) in [5.41, 5.74) is 0.834. The first-order chi connectivity index (χ1) is 10.6. The van der Waals surface area contributed by atoms with Gasteiger partial charge in [-0.2, -0.15) is 5.10 Å². The normalized spacial score (nSPS) is 13.6. The maximum absolute atomic E-state index is 11.8. The van der Waals surface area contributed by atoms with Crippen molar-refractivity contribution in [3.63, 3.8) is 0 Å². The third-order valence-corrected chi connectivity index (χ3v) is 3.30. The second-order valence-electron chi connectivity index (χ2n) is 5.04. The molecule has 0 bridgehead atoms. The van der Waals surface area contributed by atoms with Gasteiger partial charge in [0.1, 0.15) is 0 Å². The summed E-state index contributed by atoms with van der Waals surface area (Å²) < 4.78 is 5.21. The van der Waals surface area contributed by atoms with Gasteiger partial charge in [0.05, 0.1) is 4.92 Å². The molecule has 1 heterocycles. The van der Waals surface area contributed by atoms with Gasteiger partial charge in [0.25, 0.3) is 5.91 Å². The van der Waals surface area contributed by atoms with Gasteiger partial charge in [-0.3, -0.25) is 20.0 Å². The van der Waals surface area contributed by atoms with E-state index in [0.29, 0.717) is 11.7 Å². The van der Waals surface area contributed by atoms with Crippen LogP contribution in [-0.4, -0.2) is 27.6 Å². The molecule has 1 aliphatic rings. The van der Waals surface area contributed by atoms with Gasteiger partial charge in [0.2, 0.25) is 0 Å². The number of rotatable bonds is 6. The van der Waals surface area contributed by atoms with E-state index in [2.05, 4.69) is 15.5 Å². The average Bonchev–Trinajstić information content (AvgIpc) is 3.26. The fourth-order valence-corrected chi connectivity index (χ4v) is 2.06. The fourth-order valence-electron chi connectivity index (χ4n) is 2.06. The number of aromatic nitrogens is 2. The molecule has 1 fully saturated rings. The Bertz CT molecular complexity index is 708. The molecule has 8 heteroatoms. The van der Waals surface area contributed by atoms with Crippen molar-refractivity contribution in [2.75, 3.05) is 11.9 Å². The molecular weight excluding hydrogens is 288 g/mol. The molecular formula is C14H14N4O4. The van der Waals surface area contributed by atoms with Gasteiger partial charge < -0.3 is 10.1 Å². The summed E-state index contributed by atoms with van der Waals surface area (Å²) in [5.74, 6) is 0.578. The number of para-hydroxylation sites is 2. The van der Waals surface area contributed by atoms with Gasteiger partial charge >= 0.3 is 5.69 Å². The highest BCUT2D eigenvalue weighted by Crippen LogP contribution is 2.39. The van der Waals surface area contributed by atoms with E-state index < -0.39 is 10.8 Å². The SMILES string of the molecule is O=C(COc1ccccc1[N+](=O)[O-])Nc1cc(C2CC2)[nH]n1. The predicted molar refractivity (Wildman–Crippen MR) is 77.8 cm³/mol. The Kier molecular flexibility index (Phi) is 3.73. The van der Waals surface area contributed by atoms with Gasteiger partial charge in [-0.1, -0.05) is 12.1 Å². The smallest absolute Gasteiger partial charge is 0.310 e. The number of amides is 1. The number of nitro benzene ring substituents is 1. The lowest BCUT2D eigenvalue weighted by atomic mass is 10.3. The predicted octanol–water partition coefficient (Wildman–Crippen LogP) is 2.21. The van der Waals surface area contributed by atoms with Gasteiger partial charge in [-0.05, 0) is 18.9 Å². The van der Waals surface area contributed by atoms with Crippen LogP contribution in [0.5, 0.6) is 5.75 Å². The second kappa shape index (κ2) is 5.84. The maximum Gasteiger partial charge on any atom is 0.310 e. The molecule has 22 heavy (non-hydrogen) atoms. The Balaban J connectivity index is 1.56.